The first-order chi connectivity index (χ1) is 5.31. The Morgan fingerprint density at radius 2 is 1.91 bits per heavy atom. The zero-order valence-corrected chi connectivity index (χ0v) is 6.90. The number of nitrogens with zero attached hydrogens (tertiary/aromatic N) is 1. The maximum absolute atomic E-state index is 8.39. The van der Waals surface area contributed by atoms with Crippen molar-refractivity contribution in [3.05, 3.63) is 0 Å². The predicted molar refractivity (Wildman–Crippen MR) is 43.8 cm³/mol. The van der Waals surface area contributed by atoms with Gasteiger partial charge in [0.05, 0.1) is 0 Å². The minimum Gasteiger partial charge on any atom is -0.411 e. The molecule has 3 aliphatic carbocycles. The molecular weight excluding hydrogens is 138 g/mol. The van der Waals surface area contributed by atoms with Gasteiger partial charge in [-0.25, -0.2) is 0 Å². The normalized spacial score (nSPS) is 49.2. The fraction of sp³-hybridized carbons (Fsp3) is 0.889. The molecule has 2 heteroatoms. The highest BCUT2D eigenvalue weighted by molar-refractivity contribution is 5.62. The standard InChI is InChI=1S/C9H15NO/c1-6-2-7-4-8(3-6)9(7)5-10-11/h5-9,11H,2-4H2,1H3. The molecule has 1 N–H and O–H groups in total. The zero-order chi connectivity index (χ0) is 7.84. The lowest BCUT2D eigenvalue weighted by molar-refractivity contribution is 0.0310. The first kappa shape index (κ1) is 7.14. The van der Waals surface area contributed by atoms with Crippen LogP contribution in [0.25, 0.3) is 0 Å². The Morgan fingerprint density at radius 1 is 1.27 bits per heavy atom. The Bertz CT molecular complexity index is 166. The average molecular weight is 153 g/mol. The van der Waals surface area contributed by atoms with Crippen molar-refractivity contribution < 1.29 is 5.21 Å². The van der Waals surface area contributed by atoms with Gasteiger partial charge in [-0.15, -0.1) is 5.16 Å². The second kappa shape index (κ2) is 2.50. The highest BCUT2D eigenvalue weighted by Gasteiger charge is 2.44. The van der Waals surface area contributed by atoms with Crippen LogP contribution in [-0.4, -0.2) is 11.4 Å². The Balaban J connectivity index is 1.98. The largest absolute Gasteiger partial charge is 0.411 e. The monoisotopic (exact) mass is 153 g/mol. The summed E-state index contributed by atoms with van der Waals surface area (Å²) in [6.45, 7) is 2.32. The minimum absolute atomic E-state index is 0.608. The molecule has 0 heterocycles. The second-order valence-corrected chi connectivity index (χ2v) is 4.17. The SMILES string of the molecule is CC1CC2CC(C1)C2C=NO. The summed E-state index contributed by atoms with van der Waals surface area (Å²) in [5.74, 6) is 3.18. The molecule has 0 aliphatic heterocycles. The van der Waals surface area contributed by atoms with Gasteiger partial charge in [0, 0.05) is 12.1 Å². The number of fused-ring (bicyclic) bond motifs is 2. The Kier molecular flexibility index (Phi) is 1.63. The summed E-state index contributed by atoms with van der Waals surface area (Å²) < 4.78 is 0. The van der Waals surface area contributed by atoms with E-state index >= 15 is 0 Å². The molecule has 3 aliphatic rings. The summed E-state index contributed by atoms with van der Waals surface area (Å²) in [6.07, 6.45) is 5.80. The average Bonchev–Trinajstić information content (AvgIpc) is 2.00. The highest BCUT2D eigenvalue weighted by atomic mass is 16.4. The maximum atomic E-state index is 8.39. The number of oxime groups is 1. The fourth-order valence-corrected chi connectivity index (χ4v) is 2.85. The summed E-state index contributed by atoms with van der Waals surface area (Å²) >= 11 is 0. The van der Waals surface area contributed by atoms with Crippen molar-refractivity contribution in [3.8, 4) is 0 Å². The summed E-state index contributed by atoms with van der Waals surface area (Å²) in [4.78, 5) is 0. The van der Waals surface area contributed by atoms with Gasteiger partial charge in [-0.2, -0.15) is 0 Å². The van der Waals surface area contributed by atoms with Crippen LogP contribution >= 0.6 is 0 Å². The van der Waals surface area contributed by atoms with Crippen LogP contribution in [-0.2, 0) is 0 Å². The number of hydrogen-bond acceptors (Lipinski definition) is 2. The summed E-state index contributed by atoms with van der Waals surface area (Å²) in [6, 6.07) is 0. The summed E-state index contributed by atoms with van der Waals surface area (Å²) in [5, 5.41) is 11.5. The second-order valence-electron chi connectivity index (χ2n) is 4.17. The molecule has 2 nitrogen and oxygen atoms in total. The molecule has 0 saturated heterocycles. The van der Waals surface area contributed by atoms with E-state index in [1.165, 1.54) is 19.3 Å². The predicted octanol–water partition coefficient (Wildman–Crippen LogP) is 2.13. The van der Waals surface area contributed by atoms with E-state index in [0.717, 1.165) is 17.8 Å². The quantitative estimate of drug-likeness (QED) is 0.349. The lowest BCUT2D eigenvalue weighted by atomic mass is 9.55. The van der Waals surface area contributed by atoms with Crippen LogP contribution in [0.2, 0.25) is 0 Å². The van der Waals surface area contributed by atoms with Crippen molar-refractivity contribution in [1.82, 2.24) is 0 Å². The topological polar surface area (TPSA) is 32.6 Å². The molecule has 0 aromatic carbocycles. The van der Waals surface area contributed by atoms with Gasteiger partial charge in [-0.05, 0) is 37.0 Å². The van der Waals surface area contributed by atoms with Gasteiger partial charge >= 0.3 is 0 Å². The van der Waals surface area contributed by atoms with Gasteiger partial charge in [-0.1, -0.05) is 6.92 Å². The van der Waals surface area contributed by atoms with E-state index in [0.29, 0.717) is 5.92 Å². The molecule has 62 valence electrons. The van der Waals surface area contributed by atoms with Gasteiger partial charge in [0.25, 0.3) is 0 Å². The molecule has 0 radical (unpaired) electrons. The van der Waals surface area contributed by atoms with Gasteiger partial charge < -0.3 is 5.21 Å². The van der Waals surface area contributed by atoms with Gasteiger partial charge in [-0.3, -0.25) is 0 Å². The highest BCUT2D eigenvalue weighted by Crippen LogP contribution is 2.51. The van der Waals surface area contributed by atoms with Crippen LogP contribution in [0.4, 0.5) is 0 Å². The van der Waals surface area contributed by atoms with Crippen LogP contribution in [0.15, 0.2) is 5.16 Å². The molecule has 2 unspecified atom stereocenters. The van der Waals surface area contributed by atoms with Gasteiger partial charge in [0.1, 0.15) is 0 Å². The van der Waals surface area contributed by atoms with Crippen molar-refractivity contribution in [2.75, 3.05) is 0 Å². The van der Waals surface area contributed by atoms with Crippen molar-refractivity contribution >= 4 is 6.21 Å². The molecule has 0 aromatic rings. The van der Waals surface area contributed by atoms with Gasteiger partial charge in [0.2, 0.25) is 0 Å². The van der Waals surface area contributed by atoms with E-state index < -0.39 is 0 Å². The molecular formula is C9H15NO. The van der Waals surface area contributed by atoms with Crippen LogP contribution in [0, 0.1) is 23.7 Å². The van der Waals surface area contributed by atoms with Crippen molar-refractivity contribution in [1.29, 1.82) is 0 Å². The van der Waals surface area contributed by atoms with Crippen molar-refractivity contribution in [3.63, 3.8) is 0 Å². The van der Waals surface area contributed by atoms with E-state index in [-0.39, 0.29) is 0 Å². The molecule has 3 fully saturated rings. The van der Waals surface area contributed by atoms with E-state index in [9.17, 15) is 0 Å². The molecule has 11 heavy (non-hydrogen) atoms. The summed E-state index contributed by atoms with van der Waals surface area (Å²) in [5.41, 5.74) is 0. The number of rotatable bonds is 1. The van der Waals surface area contributed by atoms with E-state index in [1.807, 2.05) is 0 Å². The third kappa shape index (κ3) is 1.05. The fourth-order valence-electron chi connectivity index (χ4n) is 2.85. The van der Waals surface area contributed by atoms with Crippen LogP contribution in [0.3, 0.4) is 0 Å². The zero-order valence-electron chi connectivity index (χ0n) is 6.90. The molecule has 0 aromatic heterocycles. The third-order valence-electron chi connectivity index (χ3n) is 3.34. The Morgan fingerprint density at radius 3 is 2.45 bits per heavy atom. The molecule has 3 rings (SSSR count). The van der Waals surface area contributed by atoms with E-state index in [2.05, 4.69) is 12.1 Å². The van der Waals surface area contributed by atoms with Crippen LogP contribution in [0.5, 0.6) is 0 Å². The lowest BCUT2D eigenvalue weighted by Crippen LogP contribution is -2.44. The Labute approximate surface area is 67.3 Å². The molecule has 2 atom stereocenters. The smallest absolute Gasteiger partial charge is 0.0472 e. The number of hydrogen-bond donors (Lipinski definition) is 1. The Hall–Kier alpha value is -0.530. The third-order valence-corrected chi connectivity index (χ3v) is 3.34. The minimum atomic E-state index is 0.608. The molecule has 0 spiro atoms. The van der Waals surface area contributed by atoms with E-state index in [4.69, 9.17) is 5.21 Å². The first-order valence-corrected chi connectivity index (χ1v) is 4.49. The van der Waals surface area contributed by atoms with Gasteiger partial charge in [0.15, 0.2) is 0 Å². The lowest BCUT2D eigenvalue weighted by Gasteiger charge is -2.50. The molecule has 2 bridgehead atoms. The van der Waals surface area contributed by atoms with Crippen molar-refractivity contribution in [2.24, 2.45) is 28.8 Å². The summed E-state index contributed by atoms with van der Waals surface area (Å²) in [7, 11) is 0. The van der Waals surface area contributed by atoms with Crippen LogP contribution < -0.4 is 0 Å². The van der Waals surface area contributed by atoms with Crippen molar-refractivity contribution in [2.45, 2.75) is 26.2 Å². The van der Waals surface area contributed by atoms with E-state index in [1.54, 1.807) is 6.21 Å². The van der Waals surface area contributed by atoms with Crippen LogP contribution in [0.1, 0.15) is 26.2 Å². The molecule has 3 saturated carbocycles. The maximum Gasteiger partial charge on any atom is 0.0472 e. The first-order valence-electron chi connectivity index (χ1n) is 4.49. The molecule has 0 amide bonds.